The van der Waals surface area contributed by atoms with Gasteiger partial charge in [-0.1, -0.05) is 6.07 Å². The van der Waals surface area contributed by atoms with Gasteiger partial charge in [0.2, 0.25) is 5.91 Å². The van der Waals surface area contributed by atoms with Crippen LogP contribution in [0, 0.1) is 0 Å². The van der Waals surface area contributed by atoms with Crippen LogP contribution in [0.2, 0.25) is 0 Å². The number of thioether (sulfide) groups is 1. The Morgan fingerprint density at radius 1 is 1.40 bits per heavy atom. The highest BCUT2D eigenvalue weighted by Crippen LogP contribution is 2.11. The molecule has 116 valence electrons. The summed E-state index contributed by atoms with van der Waals surface area (Å²) in [6.07, 6.45) is 2.30. The van der Waals surface area contributed by atoms with E-state index in [1.165, 1.54) is 0 Å². The van der Waals surface area contributed by atoms with Crippen LogP contribution in [0.4, 0.5) is 0 Å². The normalized spacial score (nSPS) is 10.2. The van der Waals surface area contributed by atoms with E-state index in [1.807, 2.05) is 32.0 Å². The fourth-order valence-electron chi connectivity index (χ4n) is 1.32. The summed E-state index contributed by atoms with van der Waals surface area (Å²) >= 11 is 1.71. The highest BCUT2D eigenvalue weighted by atomic mass is 35.5. The summed E-state index contributed by atoms with van der Waals surface area (Å²) in [5.41, 5.74) is 6.29. The van der Waals surface area contributed by atoms with Crippen LogP contribution in [0.25, 0.3) is 0 Å². The molecule has 0 unspecified atom stereocenters. The molecular weight excluding hydrogens is 317 g/mol. The molecule has 0 bridgehead atoms. The summed E-state index contributed by atoms with van der Waals surface area (Å²) < 4.78 is 0. The molecule has 7 heteroatoms. The monoisotopic (exact) mass is 339 g/mol. The number of halogens is 2. The fraction of sp³-hybridized carbons (Fsp3) is 0.538. The Morgan fingerprint density at radius 2 is 2.10 bits per heavy atom. The third kappa shape index (κ3) is 9.42. The van der Waals surface area contributed by atoms with Crippen molar-refractivity contribution in [3.63, 3.8) is 0 Å². The first-order valence-corrected chi connectivity index (χ1v) is 7.18. The molecule has 0 saturated carbocycles. The molecule has 0 aliphatic heterocycles. The molecule has 20 heavy (non-hydrogen) atoms. The van der Waals surface area contributed by atoms with Crippen molar-refractivity contribution in [2.24, 2.45) is 5.73 Å². The molecule has 0 atom stereocenters. The summed E-state index contributed by atoms with van der Waals surface area (Å²) in [5, 5.41) is 2.91. The fourth-order valence-corrected chi connectivity index (χ4v) is 2.17. The van der Waals surface area contributed by atoms with Gasteiger partial charge in [0.05, 0.1) is 5.69 Å². The van der Waals surface area contributed by atoms with Crippen LogP contribution in [0.15, 0.2) is 24.4 Å². The number of pyridine rings is 1. The van der Waals surface area contributed by atoms with Crippen LogP contribution < -0.4 is 11.1 Å². The van der Waals surface area contributed by atoms with Gasteiger partial charge in [-0.2, -0.15) is 11.8 Å². The third-order valence-corrected chi connectivity index (χ3v) is 3.43. The molecule has 0 spiro atoms. The van der Waals surface area contributed by atoms with Crippen molar-refractivity contribution in [3.05, 3.63) is 30.1 Å². The molecule has 0 aromatic carbocycles. The summed E-state index contributed by atoms with van der Waals surface area (Å²) in [6, 6.07) is 5.86. The molecule has 0 aliphatic carbocycles. The molecule has 0 fully saturated rings. The first-order chi connectivity index (χ1) is 8.53. The molecule has 4 nitrogen and oxygen atoms in total. The Labute approximate surface area is 137 Å². The number of carbonyl (C=O) groups is 1. The Morgan fingerprint density at radius 3 is 2.65 bits per heavy atom. The van der Waals surface area contributed by atoms with Crippen LogP contribution in [-0.4, -0.2) is 28.7 Å². The number of aromatic nitrogens is 1. The Hall–Kier alpha value is -0.490. The molecule has 1 rings (SSSR count). The molecule has 1 aromatic heterocycles. The zero-order chi connectivity index (χ0) is 13.4. The predicted molar refractivity (Wildman–Crippen MR) is 90.8 cm³/mol. The molecule has 3 N–H and O–H groups in total. The van der Waals surface area contributed by atoms with Crippen LogP contribution >= 0.6 is 36.6 Å². The van der Waals surface area contributed by atoms with E-state index in [-0.39, 0.29) is 36.3 Å². The maximum Gasteiger partial charge on any atom is 0.221 e. The van der Waals surface area contributed by atoms with Crippen molar-refractivity contribution < 1.29 is 4.79 Å². The zero-order valence-electron chi connectivity index (χ0n) is 11.8. The maximum atomic E-state index is 11.6. The van der Waals surface area contributed by atoms with E-state index in [1.54, 1.807) is 18.0 Å². The van der Waals surface area contributed by atoms with E-state index in [9.17, 15) is 4.79 Å². The van der Waals surface area contributed by atoms with Crippen LogP contribution in [0.3, 0.4) is 0 Å². The maximum absolute atomic E-state index is 11.6. The summed E-state index contributed by atoms with van der Waals surface area (Å²) in [6.45, 7) is 4.29. The van der Waals surface area contributed by atoms with Gasteiger partial charge < -0.3 is 11.1 Å². The lowest BCUT2D eigenvalue weighted by molar-refractivity contribution is -0.122. The lowest BCUT2D eigenvalue weighted by Gasteiger charge is -2.24. The van der Waals surface area contributed by atoms with Gasteiger partial charge in [-0.3, -0.25) is 9.78 Å². The van der Waals surface area contributed by atoms with Gasteiger partial charge in [-0.15, -0.1) is 24.8 Å². The quantitative estimate of drug-likeness (QED) is 0.748. The lowest BCUT2D eigenvalue weighted by Crippen LogP contribution is -2.48. The first-order valence-electron chi connectivity index (χ1n) is 6.02. The zero-order valence-corrected chi connectivity index (χ0v) is 14.2. The minimum Gasteiger partial charge on any atom is -0.350 e. The van der Waals surface area contributed by atoms with Gasteiger partial charge in [0.15, 0.2) is 0 Å². The van der Waals surface area contributed by atoms with E-state index < -0.39 is 0 Å². The van der Waals surface area contributed by atoms with E-state index in [4.69, 9.17) is 5.73 Å². The van der Waals surface area contributed by atoms with Crippen molar-refractivity contribution in [3.8, 4) is 0 Å². The molecule has 0 aliphatic rings. The largest absolute Gasteiger partial charge is 0.350 e. The molecule has 0 radical (unpaired) electrons. The molecule has 1 heterocycles. The predicted octanol–water partition coefficient (Wildman–Crippen LogP) is 2.40. The standard InChI is InChI=1S/C13H21N3OS.2ClH/c1-13(2,10-14)16-12(17)6-8-18-9-11-5-3-4-7-15-11;;/h3-5,7H,6,8-10,14H2,1-2H3,(H,16,17);2*1H. The lowest BCUT2D eigenvalue weighted by atomic mass is 10.1. The SMILES string of the molecule is CC(C)(CN)NC(=O)CCSCc1ccccn1.Cl.Cl. The van der Waals surface area contributed by atoms with E-state index in [0.717, 1.165) is 17.2 Å². The third-order valence-electron chi connectivity index (χ3n) is 2.44. The van der Waals surface area contributed by atoms with Crippen LogP contribution in [-0.2, 0) is 10.5 Å². The Bertz CT molecular complexity index is 377. The van der Waals surface area contributed by atoms with Crippen molar-refractivity contribution in [1.82, 2.24) is 10.3 Å². The van der Waals surface area contributed by atoms with E-state index in [2.05, 4.69) is 10.3 Å². The summed E-state index contributed by atoms with van der Waals surface area (Å²) in [5.74, 6) is 1.69. The van der Waals surface area contributed by atoms with Crippen LogP contribution in [0.1, 0.15) is 26.0 Å². The summed E-state index contributed by atoms with van der Waals surface area (Å²) in [7, 11) is 0. The topological polar surface area (TPSA) is 68.0 Å². The van der Waals surface area contributed by atoms with Crippen molar-refractivity contribution in [2.75, 3.05) is 12.3 Å². The number of rotatable bonds is 7. The van der Waals surface area contributed by atoms with Gasteiger partial charge in [0.25, 0.3) is 0 Å². The van der Waals surface area contributed by atoms with Gasteiger partial charge in [0.1, 0.15) is 0 Å². The molecule has 0 saturated heterocycles. The Balaban J connectivity index is 0. The number of hydrogen-bond acceptors (Lipinski definition) is 4. The van der Waals surface area contributed by atoms with Gasteiger partial charge in [0, 0.05) is 36.2 Å². The number of nitrogens with one attached hydrogen (secondary N) is 1. The van der Waals surface area contributed by atoms with E-state index >= 15 is 0 Å². The highest BCUT2D eigenvalue weighted by Gasteiger charge is 2.17. The van der Waals surface area contributed by atoms with Crippen LogP contribution in [0.5, 0.6) is 0 Å². The van der Waals surface area contributed by atoms with Gasteiger partial charge >= 0.3 is 0 Å². The number of nitrogens with zero attached hydrogens (tertiary/aromatic N) is 1. The average Bonchev–Trinajstić information content (AvgIpc) is 2.35. The number of carbonyl (C=O) groups excluding carboxylic acids is 1. The van der Waals surface area contributed by atoms with Gasteiger partial charge in [-0.25, -0.2) is 0 Å². The summed E-state index contributed by atoms with van der Waals surface area (Å²) in [4.78, 5) is 15.9. The second kappa shape index (κ2) is 11.2. The van der Waals surface area contributed by atoms with Crippen molar-refractivity contribution >= 4 is 42.5 Å². The first kappa shape index (κ1) is 21.8. The minimum absolute atomic E-state index is 0. The van der Waals surface area contributed by atoms with Crippen molar-refractivity contribution in [1.29, 1.82) is 0 Å². The van der Waals surface area contributed by atoms with E-state index in [0.29, 0.717) is 13.0 Å². The number of nitrogens with two attached hydrogens (primary N) is 1. The molecule has 1 aromatic rings. The van der Waals surface area contributed by atoms with Gasteiger partial charge in [-0.05, 0) is 26.0 Å². The minimum atomic E-state index is -0.317. The molecule has 1 amide bonds. The number of amides is 1. The molecular formula is C13H23Cl2N3OS. The smallest absolute Gasteiger partial charge is 0.221 e. The number of hydrogen-bond donors (Lipinski definition) is 2. The second-order valence-corrected chi connectivity index (χ2v) is 5.87. The Kier molecular flexibility index (Phi) is 12.2. The second-order valence-electron chi connectivity index (χ2n) is 4.76. The average molecular weight is 340 g/mol. The highest BCUT2D eigenvalue weighted by molar-refractivity contribution is 7.98. The van der Waals surface area contributed by atoms with Crippen molar-refractivity contribution in [2.45, 2.75) is 31.6 Å².